The van der Waals surface area contributed by atoms with E-state index >= 15 is 0 Å². The summed E-state index contributed by atoms with van der Waals surface area (Å²) in [6.45, 7) is 5.06. The molecule has 158 valence electrons. The van der Waals surface area contributed by atoms with Crippen molar-refractivity contribution in [2.45, 2.75) is 43.8 Å². The summed E-state index contributed by atoms with van der Waals surface area (Å²) >= 11 is 0. The van der Waals surface area contributed by atoms with Gasteiger partial charge in [0.15, 0.2) is 0 Å². The largest absolute Gasteiger partial charge is 0.405 e. The molecule has 1 amide bonds. The highest BCUT2D eigenvalue weighted by Gasteiger charge is 2.33. The lowest BCUT2D eigenvalue weighted by Gasteiger charge is -2.36. The number of sulfonamides is 1. The van der Waals surface area contributed by atoms with Crippen LogP contribution in [0, 0.1) is 0 Å². The Balaban J connectivity index is 1.95. The molecule has 0 bridgehead atoms. The molecule has 0 radical (unpaired) electrons. The molecule has 1 aliphatic heterocycles. The number of alkyl halides is 3. The van der Waals surface area contributed by atoms with Crippen LogP contribution in [0.25, 0.3) is 0 Å². The maximum absolute atomic E-state index is 12.8. The third-order valence-corrected chi connectivity index (χ3v) is 6.76. The number of hydrogen-bond donors (Lipinski definition) is 1. The van der Waals surface area contributed by atoms with Gasteiger partial charge >= 0.3 is 6.18 Å². The Morgan fingerprint density at radius 2 is 1.61 bits per heavy atom. The monoisotopic (exact) mass is 421 g/mol. The number of amides is 1. The van der Waals surface area contributed by atoms with Crippen molar-refractivity contribution in [3.63, 3.8) is 0 Å². The fourth-order valence-electron chi connectivity index (χ4n) is 3.01. The Bertz CT molecular complexity index is 772. The Morgan fingerprint density at radius 1 is 1.07 bits per heavy atom. The average molecular weight is 421 g/mol. The second kappa shape index (κ2) is 8.79. The maximum Gasteiger partial charge on any atom is 0.405 e. The van der Waals surface area contributed by atoms with Crippen LogP contribution in [-0.4, -0.2) is 68.5 Å². The first-order chi connectivity index (χ1) is 12.9. The summed E-state index contributed by atoms with van der Waals surface area (Å²) in [4.78, 5) is 13.8. The average Bonchev–Trinajstić information content (AvgIpc) is 2.65. The van der Waals surface area contributed by atoms with E-state index in [2.05, 4.69) is 0 Å². The van der Waals surface area contributed by atoms with Crippen LogP contribution in [0.5, 0.6) is 0 Å². The molecular weight excluding hydrogens is 395 g/mol. The van der Waals surface area contributed by atoms with Gasteiger partial charge in [-0.1, -0.05) is 26.0 Å². The minimum atomic E-state index is -4.47. The van der Waals surface area contributed by atoms with Crippen molar-refractivity contribution in [3.8, 4) is 0 Å². The number of carbonyl (C=O) groups excluding carboxylic acids is 1. The number of carbonyl (C=O) groups is 1. The normalized spacial score (nSPS) is 18.2. The Morgan fingerprint density at radius 3 is 2.07 bits per heavy atom. The van der Waals surface area contributed by atoms with Crippen molar-refractivity contribution in [2.24, 2.45) is 0 Å². The number of benzene rings is 1. The van der Waals surface area contributed by atoms with Crippen molar-refractivity contribution in [3.05, 3.63) is 29.8 Å². The summed E-state index contributed by atoms with van der Waals surface area (Å²) in [7, 11) is -3.65. The smallest absolute Gasteiger partial charge is 0.346 e. The van der Waals surface area contributed by atoms with Gasteiger partial charge in [-0.2, -0.15) is 17.5 Å². The van der Waals surface area contributed by atoms with Crippen LogP contribution in [0.3, 0.4) is 0 Å². The van der Waals surface area contributed by atoms with Gasteiger partial charge in [0, 0.05) is 26.2 Å². The minimum Gasteiger partial charge on any atom is -0.346 e. The van der Waals surface area contributed by atoms with E-state index < -0.39 is 34.7 Å². The summed E-state index contributed by atoms with van der Waals surface area (Å²) in [6.07, 6.45) is -4.47. The van der Waals surface area contributed by atoms with E-state index in [4.69, 9.17) is 0 Å². The lowest BCUT2D eigenvalue weighted by Crippen LogP contribution is -2.55. The number of halogens is 3. The quantitative estimate of drug-likeness (QED) is 0.765. The predicted molar refractivity (Wildman–Crippen MR) is 99.4 cm³/mol. The lowest BCUT2D eigenvalue weighted by atomic mass is 10.0. The molecule has 0 spiro atoms. The topological polar surface area (TPSA) is 69.7 Å². The highest BCUT2D eigenvalue weighted by molar-refractivity contribution is 7.89. The zero-order chi connectivity index (χ0) is 21.1. The molecule has 28 heavy (non-hydrogen) atoms. The van der Waals surface area contributed by atoms with Gasteiger partial charge in [0.2, 0.25) is 15.9 Å². The third kappa shape index (κ3) is 5.68. The molecule has 1 aromatic rings. The molecule has 0 aromatic heterocycles. The zero-order valence-electron chi connectivity index (χ0n) is 16.2. The van der Waals surface area contributed by atoms with E-state index in [1.54, 1.807) is 29.2 Å². The predicted octanol–water partition coefficient (Wildman–Crippen LogP) is 2.18. The molecule has 1 aliphatic rings. The van der Waals surface area contributed by atoms with Gasteiger partial charge in [0.25, 0.3) is 0 Å². The van der Waals surface area contributed by atoms with E-state index in [1.165, 1.54) is 11.2 Å². The Kier molecular flexibility index (Phi) is 7.11. The number of piperazine rings is 1. The molecule has 1 N–H and O–H groups in total. The first-order valence-electron chi connectivity index (χ1n) is 9.10. The summed E-state index contributed by atoms with van der Waals surface area (Å²) in [5.74, 6) is -0.428. The Hall–Kier alpha value is -1.65. The van der Waals surface area contributed by atoms with Crippen LogP contribution in [0.15, 0.2) is 29.2 Å². The van der Waals surface area contributed by atoms with Crippen LogP contribution in [0.1, 0.15) is 32.3 Å². The van der Waals surface area contributed by atoms with Crippen LogP contribution in [0.4, 0.5) is 13.2 Å². The fraction of sp³-hybridized carbons (Fsp3) is 0.611. The fourth-order valence-corrected chi connectivity index (χ4v) is 4.43. The SMILES string of the molecule is CC(C)c1ccc(S(=O)(=O)N2CCN(C(C)C(=O)NCC(F)(F)F)CC2)cc1. The summed E-state index contributed by atoms with van der Waals surface area (Å²) in [6, 6.07) is 5.99. The third-order valence-electron chi connectivity index (χ3n) is 4.85. The molecule has 1 unspecified atom stereocenters. The highest BCUT2D eigenvalue weighted by atomic mass is 32.2. The summed E-state index contributed by atoms with van der Waals surface area (Å²) in [5.41, 5.74) is 1.04. The molecule has 10 heteroatoms. The maximum atomic E-state index is 12.8. The van der Waals surface area contributed by atoms with E-state index in [0.29, 0.717) is 5.92 Å². The van der Waals surface area contributed by atoms with Crippen LogP contribution >= 0.6 is 0 Å². The molecule has 0 aliphatic carbocycles. The second-order valence-corrected chi connectivity index (χ2v) is 9.11. The van der Waals surface area contributed by atoms with Gasteiger partial charge < -0.3 is 5.32 Å². The van der Waals surface area contributed by atoms with Gasteiger partial charge in [-0.25, -0.2) is 8.42 Å². The van der Waals surface area contributed by atoms with E-state index in [1.807, 2.05) is 19.2 Å². The number of hydrogen-bond acceptors (Lipinski definition) is 4. The van der Waals surface area contributed by atoms with Crippen LogP contribution in [0.2, 0.25) is 0 Å². The van der Waals surface area contributed by atoms with Crippen LogP contribution in [-0.2, 0) is 14.8 Å². The lowest BCUT2D eigenvalue weighted by molar-refractivity contribution is -0.141. The van der Waals surface area contributed by atoms with E-state index in [0.717, 1.165) is 5.56 Å². The van der Waals surface area contributed by atoms with Crippen molar-refractivity contribution in [2.75, 3.05) is 32.7 Å². The first-order valence-corrected chi connectivity index (χ1v) is 10.5. The number of rotatable bonds is 6. The molecule has 1 saturated heterocycles. The molecule has 6 nitrogen and oxygen atoms in total. The van der Waals surface area contributed by atoms with Crippen molar-refractivity contribution >= 4 is 15.9 Å². The molecule has 2 rings (SSSR count). The zero-order valence-corrected chi connectivity index (χ0v) is 17.0. The molecule has 1 atom stereocenters. The number of nitrogens with one attached hydrogen (secondary N) is 1. The van der Waals surface area contributed by atoms with E-state index in [9.17, 15) is 26.4 Å². The first kappa shape index (κ1) is 22.6. The Labute approximate surface area is 163 Å². The molecule has 1 fully saturated rings. The van der Waals surface area contributed by atoms with Gasteiger partial charge in [-0.05, 0) is 30.5 Å². The van der Waals surface area contributed by atoms with Gasteiger partial charge in [-0.15, -0.1) is 0 Å². The number of nitrogens with zero attached hydrogens (tertiary/aromatic N) is 2. The molecule has 0 saturated carbocycles. The molecule has 1 aromatic carbocycles. The van der Waals surface area contributed by atoms with Crippen molar-refractivity contribution in [1.29, 1.82) is 0 Å². The molecule has 1 heterocycles. The summed E-state index contributed by atoms with van der Waals surface area (Å²) in [5, 5.41) is 1.86. The second-order valence-electron chi connectivity index (χ2n) is 7.17. The van der Waals surface area contributed by atoms with Gasteiger partial charge in [-0.3, -0.25) is 9.69 Å². The van der Waals surface area contributed by atoms with Crippen LogP contribution < -0.4 is 5.32 Å². The molecular formula is C18H26F3N3O3S. The van der Waals surface area contributed by atoms with Gasteiger partial charge in [0.05, 0.1) is 10.9 Å². The highest BCUT2D eigenvalue weighted by Crippen LogP contribution is 2.22. The van der Waals surface area contributed by atoms with Gasteiger partial charge in [0.1, 0.15) is 6.54 Å². The van der Waals surface area contributed by atoms with E-state index in [-0.39, 0.29) is 31.1 Å². The van der Waals surface area contributed by atoms with Crippen molar-refractivity contribution in [1.82, 2.24) is 14.5 Å². The standard InChI is InChI=1S/C18H26F3N3O3S/c1-13(2)15-4-6-16(7-5-15)28(26,27)24-10-8-23(9-11-24)14(3)17(25)22-12-18(19,20)21/h4-7,13-14H,8-12H2,1-3H3,(H,22,25). The summed E-state index contributed by atoms with van der Waals surface area (Å²) < 4.78 is 63.6. The minimum absolute atomic E-state index is 0.172. The van der Waals surface area contributed by atoms with Crippen molar-refractivity contribution < 1.29 is 26.4 Å².